The number of ether oxygens (including phenoxy) is 1. The molecule has 2 aromatic heterocycles. The van der Waals surface area contributed by atoms with Gasteiger partial charge in [0.2, 0.25) is 11.8 Å². The lowest BCUT2D eigenvalue weighted by atomic mass is 10.0. The van der Waals surface area contributed by atoms with E-state index >= 15 is 8.78 Å². The third-order valence-corrected chi connectivity index (χ3v) is 9.57. The van der Waals surface area contributed by atoms with Crippen molar-refractivity contribution >= 4 is 34.6 Å². The molecule has 3 N–H and O–H groups in total. The number of halogens is 2. The molecule has 0 saturated carbocycles. The monoisotopic (exact) mass is 678 g/mol. The molecule has 5 aromatic rings. The average molecular weight is 679 g/mol. The second-order valence-corrected chi connectivity index (χ2v) is 12.8. The summed E-state index contributed by atoms with van der Waals surface area (Å²) in [4.78, 5) is 48.9. The number of alkyl halides is 1. The van der Waals surface area contributed by atoms with Gasteiger partial charge in [-0.2, -0.15) is 5.10 Å². The van der Waals surface area contributed by atoms with E-state index in [0.717, 1.165) is 5.56 Å². The van der Waals surface area contributed by atoms with Crippen LogP contribution in [0.4, 0.5) is 14.6 Å². The van der Waals surface area contributed by atoms with Gasteiger partial charge < -0.3 is 15.4 Å². The second-order valence-electron chi connectivity index (χ2n) is 12.8. The van der Waals surface area contributed by atoms with Crippen molar-refractivity contribution in [2.24, 2.45) is 0 Å². The van der Waals surface area contributed by atoms with Gasteiger partial charge in [0.05, 0.1) is 17.0 Å². The zero-order valence-corrected chi connectivity index (χ0v) is 26.8. The third-order valence-electron chi connectivity index (χ3n) is 9.57. The van der Waals surface area contributed by atoms with Crippen LogP contribution in [0.1, 0.15) is 46.8 Å². The van der Waals surface area contributed by atoms with E-state index in [1.165, 1.54) is 17.3 Å². The first-order valence-corrected chi connectivity index (χ1v) is 16.4. The number of nitrogens with one attached hydrogen (secondary N) is 1. The lowest BCUT2D eigenvalue weighted by Crippen LogP contribution is -2.52. The summed E-state index contributed by atoms with van der Waals surface area (Å²) in [6.45, 7) is 0.879. The van der Waals surface area contributed by atoms with Gasteiger partial charge in [0.25, 0.3) is 5.91 Å². The Hall–Kier alpha value is -5.76. The van der Waals surface area contributed by atoms with Crippen molar-refractivity contribution < 1.29 is 27.9 Å². The van der Waals surface area contributed by atoms with E-state index in [-0.39, 0.29) is 43.9 Å². The molecule has 0 spiro atoms. The number of anilines is 1. The summed E-state index contributed by atoms with van der Waals surface area (Å²) >= 11 is 0. The Morgan fingerprint density at radius 1 is 0.980 bits per heavy atom. The van der Waals surface area contributed by atoms with Gasteiger partial charge in [0.15, 0.2) is 5.65 Å². The fourth-order valence-corrected chi connectivity index (χ4v) is 7.18. The maximum absolute atomic E-state index is 16.1. The van der Waals surface area contributed by atoms with Crippen molar-refractivity contribution in [3.63, 3.8) is 0 Å². The lowest BCUT2D eigenvalue weighted by molar-refractivity contribution is -0.136. The van der Waals surface area contributed by atoms with E-state index in [0.29, 0.717) is 52.3 Å². The van der Waals surface area contributed by atoms with Gasteiger partial charge >= 0.3 is 0 Å². The van der Waals surface area contributed by atoms with E-state index in [1.807, 2.05) is 59.5 Å². The van der Waals surface area contributed by atoms with Crippen LogP contribution in [0.2, 0.25) is 0 Å². The highest BCUT2D eigenvalue weighted by molar-refractivity contribution is 6.05. The number of nitrogens with zero attached hydrogens (tertiary/aromatic N) is 6. The molecule has 14 heteroatoms. The molecular formula is C36H32F2N8O4. The molecule has 0 radical (unpaired) electrons. The summed E-state index contributed by atoms with van der Waals surface area (Å²) in [6, 6.07) is 18.4. The van der Waals surface area contributed by atoms with E-state index < -0.39 is 41.8 Å². The van der Waals surface area contributed by atoms with Crippen LogP contribution in [-0.2, 0) is 22.7 Å². The first-order chi connectivity index (χ1) is 24.2. The van der Waals surface area contributed by atoms with Crippen LogP contribution in [0.3, 0.4) is 0 Å². The minimum Gasteiger partial charge on any atom is -0.457 e. The number of benzene rings is 3. The van der Waals surface area contributed by atoms with Gasteiger partial charge in [-0.1, -0.05) is 24.3 Å². The Kier molecular flexibility index (Phi) is 7.94. The van der Waals surface area contributed by atoms with Crippen molar-refractivity contribution in [2.45, 2.75) is 50.6 Å². The van der Waals surface area contributed by atoms with E-state index in [9.17, 15) is 14.4 Å². The molecule has 3 atom stereocenters. The van der Waals surface area contributed by atoms with Crippen molar-refractivity contribution in [3.05, 3.63) is 95.6 Å². The lowest BCUT2D eigenvalue weighted by Gasteiger charge is -2.35. The third kappa shape index (κ3) is 5.70. The topological polar surface area (TPSA) is 149 Å². The molecule has 254 valence electrons. The van der Waals surface area contributed by atoms with Crippen LogP contribution in [0.15, 0.2) is 73.1 Å². The summed E-state index contributed by atoms with van der Waals surface area (Å²) in [5.41, 5.74) is 9.03. The van der Waals surface area contributed by atoms with E-state index in [2.05, 4.69) is 15.3 Å². The number of hydrogen-bond acceptors (Lipinski definition) is 9. The highest BCUT2D eigenvalue weighted by Crippen LogP contribution is 2.37. The highest BCUT2D eigenvalue weighted by atomic mass is 19.1. The van der Waals surface area contributed by atoms with Crippen LogP contribution in [0.5, 0.6) is 11.5 Å². The Bertz CT molecular complexity index is 2140. The average Bonchev–Trinajstić information content (AvgIpc) is 3.64. The summed E-state index contributed by atoms with van der Waals surface area (Å²) in [6.07, 6.45) is 0.709. The predicted octanol–water partition coefficient (Wildman–Crippen LogP) is 4.55. The number of para-hydroxylation sites is 1. The number of amides is 3. The number of piperidine rings is 2. The molecule has 3 aromatic carbocycles. The number of hydrogen-bond donors (Lipinski definition) is 2. The Morgan fingerprint density at radius 2 is 1.76 bits per heavy atom. The van der Waals surface area contributed by atoms with Crippen LogP contribution >= 0.6 is 0 Å². The molecule has 3 amide bonds. The number of rotatable bonds is 7. The van der Waals surface area contributed by atoms with Gasteiger partial charge in [-0.15, -0.1) is 0 Å². The van der Waals surface area contributed by atoms with Crippen molar-refractivity contribution in [3.8, 4) is 22.8 Å². The molecule has 3 aliphatic rings. The predicted molar refractivity (Wildman–Crippen MR) is 178 cm³/mol. The number of carbonyl (C=O) groups excluding carboxylic acids is 3. The molecule has 50 heavy (non-hydrogen) atoms. The summed E-state index contributed by atoms with van der Waals surface area (Å²) in [7, 11) is 0. The van der Waals surface area contributed by atoms with Crippen molar-refractivity contribution in [1.82, 2.24) is 34.9 Å². The number of nitrogens with two attached hydrogens (primary N) is 1. The number of aromatic nitrogens is 4. The van der Waals surface area contributed by atoms with Crippen LogP contribution < -0.4 is 15.8 Å². The number of nitrogen functional groups attached to an aromatic ring is 1. The molecule has 3 aliphatic heterocycles. The van der Waals surface area contributed by atoms with E-state index in [4.69, 9.17) is 15.6 Å². The van der Waals surface area contributed by atoms with Crippen molar-refractivity contribution in [1.29, 1.82) is 0 Å². The van der Waals surface area contributed by atoms with Crippen LogP contribution in [0.25, 0.3) is 22.3 Å². The van der Waals surface area contributed by atoms with Gasteiger partial charge in [0, 0.05) is 38.2 Å². The van der Waals surface area contributed by atoms with Gasteiger partial charge in [0.1, 0.15) is 47.4 Å². The minimum atomic E-state index is -1.33. The molecule has 12 nitrogen and oxygen atoms in total. The number of fused-ring (bicyclic) bond motifs is 2. The standard InChI is InChI=1S/C36H32F2N8O4/c37-25-15-20(14-22-17-45(36(49)30(22)25)28-10-11-29(47)42-35(28)48)16-44-13-12-27(26(38)18-44)46-34-31(33(39)40-19-41-34)32(43-46)21-6-8-24(9-7-21)50-23-4-2-1-3-5-23/h1-9,14-15,19,26-28H,10-13,16-18H2,(H2,39,40,41)(H,42,47,48)/t26-,27+,28?/m0/s1. The van der Waals surface area contributed by atoms with Gasteiger partial charge in [-0.05, 0) is 66.4 Å². The molecule has 2 fully saturated rings. The maximum Gasteiger partial charge on any atom is 0.258 e. The summed E-state index contributed by atoms with van der Waals surface area (Å²) < 4.78 is 38.9. The molecule has 5 heterocycles. The number of imide groups is 1. The van der Waals surface area contributed by atoms with Gasteiger partial charge in [-0.25, -0.2) is 23.4 Å². The molecular weight excluding hydrogens is 646 g/mol. The molecule has 0 bridgehead atoms. The largest absolute Gasteiger partial charge is 0.457 e. The van der Waals surface area contributed by atoms with Gasteiger partial charge in [-0.3, -0.25) is 24.6 Å². The smallest absolute Gasteiger partial charge is 0.258 e. The van der Waals surface area contributed by atoms with Crippen LogP contribution in [0, 0.1) is 5.82 Å². The maximum atomic E-state index is 16.1. The van der Waals surface area contributed by atoms with E-state index in [1.54, 1.807) is 10.7 Å². The summed E-state index contributed by atoms with van der Waals surface area (Å²) in [5.74, 6) is -0.616. The molecule has 8 rings (SSSR count). The highest BCUT2D eigenvalue weighted by Gasteiger charge is 2.41. The fourth-order valence-electron chi connectivity index (χ4n) is 7.18. The first kappa shape index (κ1) is 31.5. The molecule has 1 unspecified atom stereocenters. The number of likely N-dealkylation sites (tertiary alicyclic amines) is 1. The second kappa shape index (κ2) is 12.6. The molecule has 0 aliphatic carbocycles. The number of carbonyl (C=O) groups is 3. The Balaban J connectivity index is 0.985. The zero-order chi connectivity index (χ0) is 34.5. The minimum absolute atomic E-state index is 0.0570. The van der Waals surface area contributed by atoms with Crippen molar-refractivity contribution in [2.75, 3.05) is 18.8 Å². The Labute approximate surface area is 284 Å². The quantitative estimate of drug-likeness (QED) is 0.237. The SMILES string of the molecule is Nc1ncnc2c1c(-c1ccc(Oc3ccccc3)cc1)nn2[C@@H]1CCN(Cc2cc(F)c3c(c2)CN(C2CCC(=O)NC2=O)C3=O)C[C@@H]1F. The normalized spacial score (nSPS) is 21.0. The zero-order valence-electron chi connectivity index (χ0n) is 26.8. The Morgan fingerprint density at radius 3 is 2.52 bits per heavy atom. The fraction of sp³-hybridized carbons (Fsp3) is 0.278. The van der Waals surface area contributed by atoms with Crippen LogP contribution in [-0.4, -0.2) is 72.6 Å². The summed E-state index contributed by atoms with van der Waals surface area (Å²) in [5, 5.41) is 7.62. The first-order valence-electron chi connectivity index (χ1n) is 16.4. The molecule has 2 saturated heterocycles.